The number of carbonyl (C=O) groups excluding carboxylic acids is 1. The molecule has 3 nitrogen and oxygen atoms in total. The fraction of sp³-hybridized carbons (Fsp3) is 0.158. The number of amides is 1. The highest BCUT2D eigenvalue weighted by atomic mass is 16.1. The first-order valence-electron chi connectivity index (χ1n) is 7.15. The van der Waals surface area contributed by atoms with E-state index < -0.39 is 0 Å². The molecular formula is C19H18N2O. The Morgan fingerprint density at radius 1 is 1.14 bits per heavy atom. The molecule has 2 aromatic carbocycles. The van der Waals surface area contributed by atoms with Crippen LogP contribution >= 0.6 is 0 Å². The molecule has 0 aliphatic heterocycles. The Kier molecular flexibility index (Phi) is 5.11. The van der Waals surface area contributed by atoms with Gasteiger partial charge in [-0.05, 0) is 36.6 Å². The highest BCUT2D eigenvalue weighted by molar-refractivity contribution is 6.02. The predicted octanol–water partition coefficient (Wildman–Crippen LogP) is 3.78. The van der Waals surface area contributed by atoms with Crippen molar-refractivity contribution in [3.63, 3.8) is 0 Å². The van der Waals surface area contributed by atoms with Gasteiger partial charge in [0.25, 0.3) is 5.91 Å². The molecule has 0 heterocycles. The van der Waals surface area contributed by atoms with E-state index in [0.29, 0.717) is 0 Å². The first kappa shape index (κ1) is 15.5. The normalized spacial score (nSPS) is 12.3. The molecule has 0 saturated heterocycles. The molecule has 2 aromatic rings. The summed E-state index contributed by atoms with van der Waals surface area (Å²) in [6.45, 7) is 3.85. The average molecular weight is 290 g/mol. The highest BCUT2D eigenvalue weighted by Crippen LogP contribution is 2.15. The Hall–Kier alpha value is -2.86. The summed E-state index contributed by atoms with van der Waals surface area (Å²) in [5.41, 5.74) is 3.02. The standard InChI is InChI=1S/C19H18N2O/c1-14-8-6-7-11-17(14)12-18(13-20)19(22)21-15(2)16-9-4-3-5-10-16/h3-12,15H,1-2H3,(H,21,22)/b18-12-/t15-/m0/s1. The third-order valence-electron chi connectivity index (χ3n) is 3.50. The second-order valence-corrected chi connectivity index (χ2v) is 5.13. The van der Waals surface area contributed by atoms with Gasteiger partial charge in [0.1, 0.15) is 11.6 Å². The van der Waals surface area contributed by atoms with Gasteiger partial charge in [0.2, 0.25) is 0 Å². The average Bonchev–Trinajstić information content (AvgIpc) is 2.54. The first-order valence-corrected chi connectivity index (χ1v) is 7.15. The third-order valence-corrected chi connectivity index (χ3v) is 3.50. The lowest BCUT2D eigenvalue weighted by atomic mass is 10.0. The third kappa shape index (κ3) is 3.83. The van der Waals surface area contributed by atoms with Gasteiger partial charge in [0, 0.05) is 0 Å². The van der Waals surface area contributed by atoms with Gasteiger partial charge in [-0.2, -0.15) is 5.26 Å². The molecule has 0 aromatic heterocycles. The van der Waals surface area contributed by atoms with Crippen molar-refractivity contribution >= 4 is 12.0 Å². The molecule has 0 aliphatic carbocycles. The number of benzene rings is 2. The maximum Gasteiger partial charge on any atom is 0.262 e. The minimum atomic E-state index is -0.359. The fourth-order valence-electron chi connectivity index (χ4n) is 2.15. The second kappa shape index (κ2) is 7.24. The number of nitriles is 1. The molecule has 110 valence electrons. The summed E-state index contributed by atoms with van der Waals surface area (Å²) >= 11 is 0. The van der Waals surface area contributed by atoms with Crippen LogP contribution in [0.25, 0.3) is 6.08 Å². The Balaban J connectivity index is 2.17. The lowest BCUT2D eigenvalue weighted by Crippen LogP contribution is -2.27. The number of hydrogen-bond donors (Lipinski definition) is 1. The zero-order valence-corrected chi connectivity index (χ0v) is 12.7. The van der Waals surface area contributed by atoms with Crippen LogP contribution < -0.4 is 5.32 Å². The fourth-order valence-corrected chi connectivity index (χ4v) is 2.15. The molecular weight excluding hydrogens is 272 g/mol. The zero-order chi connectivity index (χ0) is 15.9. The van der Waals surface area contributed by atoms with Crippen molar-refractivity contribution in [1.29, 1.82) is 5.26 Å². The van der Waals surface area contributed by atoms with Crippen LogP contribution in [0.5, 0.6) is 0 Å². The molecule has 22 heavy (non-hydrogen) atoms. The summed E-state index contributed by atoms with van der Waals surface area (Å²) in [5.74, 6) is -0.359. The summed E-state index contributed by atoms with van der Waals surface area (Å²) in [7, 11) is 0. The van der Waals surface area contributed by atoms with Crippen LogP contribution in [0, 0.1) is 18.3 Å². The van der Waals surface area contributed by atoms with Crippen LogP contribution in [0.2, 0.25) is 0 Å². The minimum absolute atomic E-state index is 0.108. The van der Waals surface area contributed by atoms with Crippen LogP contribution in [0.1, 0.15) is 29.7 Å². The summed E-state index contributed by atoms with van der Waals surface area (Å²) in [5, 5.41) is 12.1. The summed E-state index contributed by atoms with van der Waals surface area (Å²) in [4.78, 5) is 12.3. The van der Waals surface area contributed by atoms with Crippen molar-refractivity contribution in [2.45, 2.75) is 19.9 Å². The summed E-state index contributed by atoms with van der Waals surface area (Å²) < 4.78 is 0. The predicted molar refractivity (Wildman–Crippen MR) is 87.8 cm³/mol. The number of aryl methyl sites for hydroxylation is 1. The van der Waals surface area contributed by atoms with E-state index in [4.69, 9.17) is 0 Å². The van der Waals surface area contributed by atoms with Crippen molar-refractivity contribution in [3.05, 3.63) is 76.9 Å². The van der Waals surface area contributed by atoms with Crippen LogP contribution in [0.4, 0.5) is 0 Å². The second-order valence-electron chi connectivity index (χ2n) is 5.13. The quantitative estimate of drug-likeness (QED) is 0.688. The maximum atomic E-state index is 12.3. The molecule has 2 rings (SSSR count). The van der Waals surface area contributed by atoms with E-state index >= 15 is 0 Å². The molecule has 3 heteroatoms. The Morgan fingerprint density at radius 2 is 1.77 bits per heavy atom. The molecule has 1 atom stereocenters. The lowest BCUT2D eigenvalue weighted by molar-refractivity contribution is -0.117. The van der Waals surface area contributed by atoms with Crippen LogP contribution in [-0.2, 0) is 4.79 Å². The molecule has 0 aliphatic rings. The van der Waals surface area contributed by atoms with Crippen LogP contribution in [0.3, 0.4) is 0 Å². The van der Waals surface area contributed by atoms with Crippen LogP contribution in [-0.4, -0.2) is 5.91 Å². The van der Waals surface area contributed by atoms with Gasteiger partial charge < -0.3 is 5.32 Å². The topological polar surface area (TPSA) is 52.9 Å². The van der Waals surface area contributed by atoms with Gasteiger partial charge in [0.05, 0.1) is 6.04 Å². The molecule has 0 saturated carbocycles. The monoisotopic (exact) mass is 290 g/mol. The Morgan fingerprint density at radius 3 is 2.41 bits per heavy atom. The molecule has 1 amide bonds. The van der Waals surface area contributed by atoms with Gasteiger partial charge in [-0.15, -0.1) is 0 Å². The number of nitrogens with zero attached hydrogens (tertiary/aromatic N) is 1. The van der Waals surface area contributed by atoms with Gasteiger partial charge in [-0.3, -0.25) is 4.79 Å². The maximum absolute atomic E-state index is 12.3. The van der Waals surface area contributed by atoms with Gasteiger partial charge >= 0.3 is 0 Å². The van der Waals surface area contributed by atoms with Crippen LogP contribution in [0.15, 0.2) is 60.2 Å². The van der Waals surface area contributed by atoms with Crippen molar-refractivity contribution in [3.8, 4) is 6.07 Å². The van der Waals surface area contributed by atoms with E-state index in [-0.39, 0.29) is 17.5 Å². The highest BCUT2D eigenvalue weighted by Gasteiger charge is 2.13. The molecule has 0 fully saturated rings. The van der Waals surface area contributed by atoms with Crippen molar-refractivity contribution in [1.82, 2.24) is 5.32 Å². The number of nitrogens with one attached hydrogen (secondary N) is 1. The van der Waals surface area contributed by atoms with E-state index in [1.165, 1.54) is 0 Å². The minimum Gasteiger partial charge on any atom is -0.345 e. The molecule has 1 N–H and O–H groups in total. The number of carbonyl (C=O) groups is 1. The molecule has 0 bridgehead atoms. The Bertz CT molecular complexity index is 727. The lowest BCUT2D eigenvalue weighted by Gasteiger charge is -2.13. The first-order chi connectivity index (χ1) is 10.6. The molecule has 0 unspecified atom stereocenters. The number of rotatable bonds is 4. The van der Waals surface area contributed by atoms with Gasteiger partial charge in [0.15, 0.2) is 0 Å². The number of hydrogen-bond acceptors (Lipinski definition) is 2. The van der Waals surface area contributed by atoms with Gasteiger partial charge in [-0.25, -0.2) is 0 Å². The summed E-state index contributed by atoms with van der Waals surface area (Å²) in [6.07, 6.45) is 1.63. The van der Waals surface area contributed by atoms with E-state index in [0.717, 1.165) is 16.7 Å². The summed E-state index contributed by atoms with van der Waals surface area (Å²) in [6, 6.07) is 19.2. The Labute approximate surface area is 130 Å². The van der Waals surface area contributed by atoms with Crippen molar-refractivity contribution in [2.24, 2.45) is 0 Å². The van der Waals surface area contributed by atoms with E-state index in [1.54, 1.807) is 6.08 Å². The van der Waals surface area contributed by atoms with Crippen molar-refractivity contribution < 1.29 is 4.79 Å². The molecule has 0 radical (unpaired) electrons. The smallest absolute Gasteiger partial charge is 0.262 e. The van der Waals surface area contributed by atoms with Crippen molar-refractivity contribution in [2.75, 3.05) is 0 Å². The zero-order valence-electron chi connectivity index (χ0n) is 12.7. The molecule has 0 spiro atoms. The van der Waals surface area contributed by atoms with E-state index in [1.807, 2.05) is 74.5 Å². The largest absolute Gasteiger partial charge is 0.345 e. The van der Waals surface area contributed by atoms with E-state index in [2.05, 4.69) is 5.32 Å². The SMILES string of the molecule is Cc1ccccc1/C=C(/C#N)C(=O)N[C@@H](C)c1ccccc1. The van der Waals surface area contributed by atoms with E-state index in [9.17, 15) is 10.1 Å². The van der Waals surface area contributed by atoms with Gasteiger partial charge in [-0.1, -0.05) is 54.6 Å².